The molecule has 98 valence electrons. The molecule has 5 heteroatoms. The number of carbonyl (C=O) groups excluding carboxylic acids is 1. The lowest BCUT2D eigenvalue weighted by atomic mass is 10.1. The predicted octanol–water partition coefficient (Wildman–Crippen LogP) is 1.94. The SMILES string of the molecule is Cc1cc(C(=O)N2CCSC(C)C2C)cc(N)n1. The molecular weight excluding hydrogens is 246 g/mol. The first-order chi connectivity index (χ1) is 8.49. The quantitative estimate of drug-likeness (QED) is 0.843. The van der Waals surface area contributed by atoms with Gasteiger partial charge in [0.15, 0.2) is 0 Å². The zero-order valence-corrected chi connectivity index (χ0v) is 11.8. The van der Waals surface area contributed by atoms with Gasteiger partial charge in [0, 0.05) is 34.8 Å². The third kappa shape index (κ3) is 2.61. The molecule has 18 heavy (non-hydrogen) atoms. The van der Waals surface area contributed by atoms with Crippen molar-refractivity contribution in [2.24, 2.45) is 0 Å². The van der Waals surface area contributed by atoms with Crippen molar-refractivity contribution in [3.63, 3.8) is 0 Å². The van der Waals surface area contributed by atoms with Crippen molar-refractivity contribution in [2.45, 2.75) is 32.1 Å². The van der Waals surface area contributed by atoms with Gasteiger partial charge in [0.2, 0.25) is 0 Å². The van der Waals surface area contributed by atoms with Gasteiger partial charge in [-0.25, -0.2) is 4.98 Å². The van der Waals surface area contributed by atoms with E-state index in [-0.39, 0.29) is 11.9 Å². The van der Waals surface area contributed by atoms with Crippen molar-refractivity contribution in [1.29, 1.82) is 0 Å². The van der Waals surface area contributed by atoms with Crippen LogP contribution in [0.25, 0.3) is 0 Å². The summed E-state index contributed by atoms with van der Waals surface area (Å²) < 4.78 is 0. The average molecular weight is 265 g/mol. The van der Waals surface area contributed by atoms with Crippen LogP contribution in [0.1, 0.15) is 29.9 Å². The molecule has 4 nitrogen and oxygen atoms in total. The van der Waals surface area contributed by atoms with E-state index in [9.17, 15) is 4.79 Å². The van der Waals surface area contributed by atoms with Crippen molar-refractivity contribution in [3.8, 4) is 0 Å². The van der Waals surface area contributed by atoms with Gasteiger partial charge >= 0.3 is 0 Å². The number of thioether (sulfide) groups is 1. The van der Waals surface area contributed by atoms with Crippen molar-refractivity contribution in [2.75, 3.05) is 18.0 Å². The number of carbonyl (C=O) groups is 1. The number of amides is 1. The number of aromatic nitrogens is 1. The molecule has 2 rings (SSSR count). The lowest BCUT2D eigenvalue weighted by Crippen LogP contribution is -2.48. The molecule has 0 saturated carbocycles. The highest BCUT2D eigenvalue weighted by atomic mass is 32.2. The Kier molecular flexibility index (Phi) is 3.80. The number of rotatable bonds is 1. The minimum Gasteiger partial charge on any atom is -0.384 e. The lowest BCUT2D eigenvalue weighted by Gasteiger charge is -2.37. The fourth-order valence-corrected chi connectivity index (χ4v) is 3.30. The minimum atomic E-state index is 0.0619. The van der Waals surface area contributed by atoms with Gasteiger partial charge in [-0.2, -0.15) is 11.8 Å². The van der Waals surface area contributed by atoms with E-state index in [4.69, 9.17) is 5.73 Å². The molecule has 2 heterocycles. The third-order valence-corrected chi connectivity index (χ3v) is 4.70. The first-order valence-corrected chi connectivity index (χ1v) is 7.20. The lowest BCUT2D eigenvalue weighted by molar-refractivity contribution is 0.0698. The van der Waals surface area contributed by atoms with Crippen LogP contribution in [0.2, 0.25) is 0 Å². The molecule has 2 unspecified atom stereocenters. The number of nitrogens with two attached hydrogens (primary N) is 1. The minimum absolute atomic E-state index is 0.0619. The van der Waals surface area contributed by atoms with Gasteiger partial charge in [-0.15, -0.1) is 0 Å². The third-order valence-electron chi connectivity index (χ3n) is 3.36. The summed E-state index contributed by atoms with van der Waals surface area (Å²) in [7, 11) is 0. The van der Waals surface area contributed by atoms with E-state index in [1.807, 2.05) is 23.6 Å². The average Bonchev–Trinajstić information content (AvgIpc) is 2.30. The van der Waals surface area contributed by atoms with Gasteiger partial charge in [-0.3, -0.25) is 4.79 Å². The Labute approximate surface area is 112 Å². The summed E-state index contributed by atoms with van der Waals surface area (Å²) in [6, 6.07) is 3.72. The van der Waals surface area contributed by atoms with Crippen LogP contribution in [-0.4, -0.2) is 39.4 Å². The molecule has 1 aliphatic heterocycles. The first-order valence-electron chi connectivity index (χ1n) is 6.16. The summed E-state index contributed by atoms with van der Waals surface area (Å²) in [6.45, 7) is 6.93. The van der Waals surface area contributed by atoms with Crippen LogP contribution < -0.4 is 5.73 Å². The van der Waals surface area contributed by atoms with Gasteiger partial charge < -0.3 is 10.6 Å². The number of nitrogen functional groups attached to an aromatic ring is 1. The van der Waals surface area contributed by atoms with Crippen LogP contribution >= 0.6 is 11.8 Å². The molecule has 0 aliphatic carbocycles. The molecule has 1 fully saturated rings. The van der Waals surface area contributed by atoms with Crippen LogP contribution in [0, 0.1) is 6.92 Å². The van der Waals surface area contributed by atoms with Crippen LogP contribution in [0.3, 0.4) is 0 Å². The Morgan fingerprint density at radius 1 is 1.50 bits per heavy atom. The highest BCUT2D eigenvalue weighted by Gasteiger charge is 2.29. The maximum atomic E-state index is 12.5. The molecule has 1 aromatic heterocycles. The molecule has 1 aliphatic rings. The van der Waals surface area contributed by atoms with E-state index in [2.05, 4.69) is 18.8 Å². The fourth-order valence-electron chi connectivity index (χ4n) is 2.20. The summed E-state index contributed by atoms with van der Waals surface area (Å²) in [5, 5.41) is 0.475. The Balaban J connectivity index is 2.24. The summed E-state index contributed by atoms with van der Waals surface area (Å²) in [6.07, 6.45) is 0. The summed E-state index contributed by atoms with van der Waals surface area (Å²) >= 11 is 1.92. The van der Waals surface area contributed by atoms with Gasteiger partial charge in [0.25, 0.3) is 5.91 Å². The Morgan fingerprint density at radius 3 is 2.89 bits per heavy atom. The number of pyridine rings is 1. The molecule has 0 bridgehead atoms. The molecule has 0 radical (unpaired) electrons. The Hall–Kier alpha value is -1.23. The molecule has 1 amide bonds. The normalized spacial score (nSPS) is 24.1. The second-order valence-electron chi connectivity index (χ2n) is 4.74. The van der Waals surface area contributed by atoms with E-state index in [1.165, 1.54) is 0 Å². The monoisotopic (exact) mass is 265 g/mol. The van der Waals surface area contributed by atoms with Crippen LogP contribution in [0.5, 0.6) is 0 Å². The van der Waals surface area contributed by atoms with Crippen LogP contribution in [0.4, 0.5) is 5.82 Å². The number of hydrogen-bond donors (Lipinski definition) is 1. The molecule has 2 atom stereocenters. The highest BCUT2D eigenvalue weighted by molar-refractivity contribution is 8.00. The molecule has 1 aromatic rings. The molecular formula is C13H19N3OS. The van der Waals surface area contributed by atoms with Gasteiger partial charge in [-0.05, 0) is 26.0 Å². The van der Waals surface area contributed by atoms with Gasteiger partial charge in [0.05, 0.1) is 0 Å². The zero-order valence-electron chi connectivity index (χ0n) is 11.0. The maximum absolute atomic E-state index is 12.5. The number of hydrogen-bond acceptors (Lipinski definition) is 4. The largest absolute Gasteiger partial charge is 0.384 e. The summed E-state index contributed by atoms with van der Waals surface area (Å²) in [5.74, 6) is 1.47. The second kappa shape index (κ2) is 5.18. The van der Waals surface area contributed by atoms with Crippen molar-refractivity contribution in [1.82, 2.24) is 9.88 Å². The van der Waals surface area contributed by atoms with E-state index in [0.717, 1.165) is 18.0 Å². The highest BCUT2D eigenvalue weighted by Crippen LogP contribution is 2.25. The van der Waals surface area contributed by atoms with E-state index in [0.29, 0.717) is 16.6 Å². The number of nitrogens with zero attached hydrogens (tertiary/aromatic N) is 2. The van der Waals surface area contributed by atoms with E-state index in [1.54, 1.807) is 12.1 Å². The van der Waals surface area contributed by atoms with Gasteiger partial charge in [0.1, 0.15) is 5.82 Å². The number of aryl methyl sites for hydroxylation is 1. The smallest absolute Gasteiger partial charge is 0.254 e. The van der Waals surface area contributed by atoms with Crippen molar-refractivity contribution >= 4 is 23.5 Å². The Morgan fingerprint density at radius 2 is 2.22 bits per heavy atom. The standard InChI is InChI=1S/C13H19N3OS/c1-8-6-11(7-12(14)15-8)13(17)16-4-5-18-10(3)9(16)2/h6-7,9-10H,4-5H2,1-3H3,(H2,14,15). The topological polar surface area (TPSA) is 59.2 Å². The number of anilines is 1. The van der Waals surface area contributed by atoms with Crippen molar-refractivity contribution in [3.05, 3.63) is 23.4 Å². The molecule has 2 N–H and O–H groups in total. The first kappa shape index (κ1) is 13.2. The van der Waals surface area contributed by atoms with Crippen LogP contribution in [0.15, 0.2) is 12.1 Å². The molecule has 0 aromatic carbocycles. The van der Waals surface area contributed by atoms with Crippen molar-refractivity contribution < 1.29 is 4.79 Å². The molecule has 1 saturated heterocycles. The summed E-state index contributed by atoms with van der Waals surface area (Å²) in [5.41, 5.74) is 7.13. The van der Waals surface area contributed by atoms with E-state index >= 15 is 0 Å². The summed E-state index contributed by atoms with van der Waals surface area (Å²) in [4.78, 5) is 18.5. The Bertz CT molecular complexity index is 443. The predicted molar refractivity (Wildman–Crippen MR) is 75.8 cm³/mol. The van der Waals surface area contributed by atoms with E-state index < -0.39 is 0 Å². The molecule has 0 spiro atoms. The maximum Gasteiger partial charge on any atom is 0.254 e. The van der Waals surface area contributed by atoms with Crippen LogP contribution in [-0.2, 0) is 0 Å². The van der Waals surface area contributed by atoms with Gasteiger partial charge in [-0.1, -0.05) is 6.92 Å². The second-order valence-corrected chi connectivity index (χ2v) is 6.22. The zero-order chi connectivity index (χ0) is 13.3. The fraction of sp³-hybridized carbons (Fsp3) is 0.538.